The standard InChI is InChI=1S/C9H7N2O2S/c12-14(13,11-7-6-10-8-11)9-4-2-1-3-5-9/h1-5,7-8H. The van der Waals surface area contributed by atoms with Gasteiger partial charge in [-0.25, -0.2) is 17.4 Å². The monoisotopic (exact) mass is 207 g/mol. The number of benzene rings is 1. The van der Waals surface area contributed by atoms with Crippen molar-refractivity contribution in [1.29, 1.82) is 0 Å². The molecule has 0 atom stereocenters. The van der Waals surface area contributed by atoms with E-state index >= 15 is 0 Å². The molecule has 0 aliphatic heterocycles. The summed E-state index contributed by atoms with van der Waals surface area (Å²) in [6.45, 7) is 0. The van der Waals surface area contributed by atoms with Crippen LogP contribution in [0.3, 0.4) is 0 Å². The first kappa shape index (κ1) is 8.96. The predicted octanol–water partition coefficient (Wildman–Crippen LogP) is 0.920. The number of rotatable bonds is 2. The molecule has 1 radical (unpaired) electrons. The molecule has 2 rings (SSSR count). The van der Waals surface area contributed by atoms with Gasteiger partial charge in [-0.05, 0) is 12.1 Å². The van der Waals surface area contributed by atoms with E-state index in [2.05, 4.69) is 11.2 Å². The van der Waals surface area contributed by atoms with Crippen molar-refractivity contribution < 1.29 is 8.42 Å². The summed E-state index contributed by atoms with van der Waals surface area (Å²) in [6, 6.07) is 8.19. The van der Waals surface area contributed by atoms with E-state index in [1.165, 1.54) is 24.7 Å². The van der Waals surface area contributed by atoms with Crippen LogP contribution in [-0.4, -0.2) is 17.4 Å². The SMILES string of the molecule is O=S(=O)(c1ccccc1)n1c[c]nc1. The molecule has 71 valence electrons. The lowest BCUT2D eigenvalue weighted by Crippen LogP contribution is -2.10. The summed E-state index contributed by atoms with van der Waals surface area (Å²) in [5.41, 5.74) is 0. The zero-order valence-electron chi connectivity index (χ0n) is 7.16. The van der Waals surface area contributed by atoms with Crippen molar-refractivity contribution in [3.8, 4) is 0 Å². The highest BCUT2D eigenvalue weighted by Crippen LogP contribution is 2.11. The van der Waals surface area contributed by atoms with Crippen molar-refractivity contribution in [2.75, 3.05) is 0 Å². The Kier molecular flexibility index (Phi) is 2.09. The van der Waals surface area contributed by atoms with Gasteiger partial charge in [-0.2, -0.15) is 0 Å². The van der Waals surface area contributed by atoms with Crippen LogP contribution in [0.15, 0.2) is 47.8 Å². The van der Waals surface area contributed by atoms with Gasteiger partial charge in [-0.3, -0.25) is 0 Å². The first-order valence-corrected chi connectivity index (χ1v) is 5.36. The summed E-state index contributed by atoms with van der Waals surface area (Å²) in [4.78, 5) is 3.81. The molecule has 0 fully saturated rings. The summed E-state index contributed by atoms with van der Waals surface area (Å²) < 4.78 is 24.6. The first-order valence-electron chi connectivity index (χ1n) is 3.92. The molecular formula is C9H7N2O2S. The van der Waals surface area contributed by atoms with Gasteiger partial charge in [0, 0.05) is 0 Å². The van der Waals surface area contributed by atoms with E-state index in [9.17, 15) is 8.42 Å². The molecule has 2 aromatic rings. The topological polar surface area (TPSA) is 52.0 Å². The third kappa shape index (κ3) is 1.42. The molecule has 0 amide bonds. The van der Waals surface area contributed by atoms with Gasteiger partial charge < -0.3 is 0 Å². The smallest absolute Gasteiger partial charge is 0.234 e. The van der Waals surface area contributed by atoms with E-state index < -0.39 is 10.0 Å². The molecule has 0 aliphatic carbocycles. The Morgan fingerprint density at radius 2 is 1.93 bits per heavy atom. The Morgan fingerprint density at radius 1 is 1.21 bits per heavy atom. The van der Waals surface area contributed by atoms with E-state index in [4.69, 9.17) is 0 Å². The van der Waals surface area contributed by atoms with Crippen molar-refractivity contribution >= 4 is 10.0 Å². The second kappa shape index (κ2) is 3.26. The zero-order chi connectivity index (χ0) is 10.0. The molecule has 5 heteroatoms. The van der Waals surface area contributed by atoms with Crippen LogP contribution in [-0.2, 0) is 10.0 Å². The van der Waals surface area contributed by atoms with Gasteiger partial charge in [-0.15, -0.1) is 0 Å². The number of aromatic nitrogens is 2. The van der Waals surface area contributed by atoms with Gasteiger partial charge in [0.2, 0.25) is 0 Å². The fraction of sp³-hybridized carbons (Fsp3) is 0. The number of imidazole rings is 1. The summed E-state index contributed by atoms with van der Waals surface area (Å²) in [6.07, 6.45) is 4.93. The van der Waals surface area contributed by atoms with Crippen molar-refractivity contribution in [3.63, 3.8) is 0 Å². The molecule has 0 N–H and O–H groups in total. The second-order valence-corrected chi connectivity index (χ2v) is 4.49. The number of nitrogens with zero attached hydrogens (tertiary/aromatic N) is 2. The minimum absolute atomic E-state index is 0.242. The molecule has 0 spiro atoms. The Morgan fingerprint density at radius 3 is 2.50 bits per heavy atom. The van der Waals surface area contributed by atoms with Gasteiger partial charge in [0.15, 0.2) is 0 Å². The van der Waals surface area contributed by atoms with Crippen LogP contribution >= 0.6 is 0 Å². The molecule has 0 saturated carbocycles. The van der Waals surface area contributed by atoms with Crippen LogP contribution in [0.5, 0.6) is 0 Å². The first-order chi connectivity index (χ1) is 6.71. The van der Waals surface area contributed by atoms with Gasteiger partial charge in [-0.1, -0.05) is 18.2 Å². The molecule has 0 aliphatic rings. The maximum atomic E-state index is 11.8. The van der Waals surface area contributed by atoms with Crippen molar-refractivity contribution in [1.82, 2.24) is 8.96 Å². The highest BCUT2D eigenvalue weighted by molar-refractivity contribution is 7.90. The molecular weight excluding hydrogens is 200 g/mol. The minimum atomic E-state index is -3.47. The third-order valence-electron chi connectivity index (χ3n) is 1.75. The highest BCUT2D eigenvalue weighted by atomic mass is 32.2. The fourth-order valence-corrected chi connectivity index (χ4v) is 2.16. The average Bonchev–Trinajstić information content (AvgIpc) is 2.72. The lowest BCUT2D eigenvalue weighted by Gasteiger charge is -2.03. The van der Waals surface area contributed by atoms with Crippen LogP contribution in [0, 0.1) is 6.20 Å². The maximum absolute atomic E-state index is 11.8. The van der Waals surface area contributed by atoms with Crippen molar-refractivity contribution in [3.05, 3.63) is 49.1 Å². The predicted molar refractivity (Wildman–Crippen MR) is 50.1 cm³/mol. The molecule has 0 bridgehead atoms. The quantitative estimate of drug-likeness (QED) is 0.735. The van der Waals surface area contributed by atoms with Gasteiger partial charge >= 0.3 is 0 Å². The molecule has 0 unspecified atom stereocenters. The largest absolute Gasteiger partial charge is 0.268 e. The van der Waals surface area contributed by atoms with Crippen LogP contribution in [0.25, 0.3) is 0 Å². The molecule has 0 saturated heterocycles. The summed E-state index contributed by atoms with van der Waals surface area (Å²) in [7, 11) is -3.47. The second-order valence-electron chi connectivity index (χ2n) is 2.65. The molecule has 4 nitrogen and oxygen atoms in total. The van der Waals surface area contributed by atoms with E-state index in [1.807, 2.05) is 0 Å². The Bertz CT molecular complexity index is 503. The van der Waals surface area contributed by atoms with Crippen LogP contribution in [0.1, 0.15) is 0 Å². The summed E-state index contributed by atoms with van der Waals surface area (Å²) >= 11 is 0. The van der Waals surface area contributed by atoms with Crippen LogP contribution in [0.2, 0.25) is 0 Å². The Balaban J connectivity index is 2.55. The Hall–Kier alpha value is -1.62. The van der Waals surface area contributed by atoms with Crippen molar-refractivity contribution in [2.45, 2.75) is 4.90 Å². The van der Waals surface area contributed by atoms with Crippen molar-refractivity contribution in [2.24, 2.45) is 0 Å². The summed E-state index contributed by atoms with van der Waals surface area (Å²) in [5, 5.41) is 0. The number of hydrogen-bond acceptors (Lipinski definition) is 3. The number of hydrogen-bond donors (Lipinski definition) is 0. The maximum Gasteiger partial charge on any atom is 0.268 e. The normalized spacial score (nSPS) is 11.4. The molecule has 1 aromatic heterocycles. The fourth-order valence-electron chi connectivity index (χ4n) is 1.06. The molecule has 14 heavy (non-hydrogen) atoms. The molecule has 1 heterocycles. The molecule has 1 aromatic carbocycles. The summed E-state index contributed by atoms with van der Waals surface area (Å²) in [5.74, 6) is 0. The van der Waals surface area contributed by atoms with E-state index in [-0.39, 0.29) is 4.90 Å². The Labute approximate surface area is 81.9 Å². The van der Waals surface area contributed by atoms with Crippen LogP contribution < -0.4 is 0 Å². The van der Waals surface area contributed by atoms with E-state index in [0.29, 0.717) is 0 Å². The van der Waals surface area contributed by atoms with Gasteiger partial charge in [0.05, 0.1) is 11.1 Å². The highest BCUT2D eigenvalue weighted by Gasteiger charge is 2.14. The van der Waals surface area contributed by atoms with E-state index in [0.717, 1.165) is 3.97 Å². The lowest BCUT2D eigenvalue weighted by molar-refractivity contribution is 0.587. The van der Waals surface area contributed by atoms with Gasteiger partial charge in [0.25, 0.3) is 10.0 Å². The van der Waals surface area contributed by atoms with Gasteiger partial charge in [0.1, 0.15) is 12.5 Å². The average molecular weight is 207 g/mol. The third-order valence-corrected chi connectivity index (χ3v) is 3.37. The zero-order valence-corrected chi connectivity index (χ0v) is 7.98. The van der Waals surface area contributed by atoms with Crippen LogP contribution in [0.4, 0.5) is 0 Å². The van der Waals surface area contributed by atoms with E-state index in [1.54, 1.807) is 18.2 Å². The minimum Gasteiger partial charge on any atom is -0.234 e. The lowest BCUT2D eigenvalue weighted by atomic mass is 10.4.